The molecule has 0 aliphatic heterocycles. The van der Waals surface area contributed by atoms with Crippen LogP contribution in [0.25, 0.3) is 0 Å². The molecule has 2 unspecified atom stereocenters. The van der Waals surface area contributed by atoms with E-state index in [9.17, 15) is 0 Å². The van der Waals surface area contributed by atoms with Crippen LogP contribution in [0, 0.1) is 10.8 Å². The molecule has 0 saturated heterocycles. The van der Waals surface area contributed by atoms with E-state index in [1.54, 1.807) is 0 Å². The Bertz CT molecular complexity index is 534. The lowest BCUT2D eigenvalue weighted by Crippen LogP contribution is -2.28. The van der Waals surface area contributed by atoms with Gasteiger partial charge in [-0.05, 0) is 70.3 Å². The van der Waals surface area contributed by atoms with E-state index in [1.807, 2.05) is 0 Å². The smallest absolute Gasteiger partial charge is 0.0312 e. The Morgan fingerprint density at radius 1 is 0.619 bits per heavy atom. The largest absolute Gasteiger partial charge is 0.0879 e. The second-order valence-electron chi connectivity index (χ2n) is 7.22. The molecule has 0 aromatic carbocycles. The van der Waals surface area contributed by atoms with Crippen LogP contribution in [-0.2, 0) is 0 Å². The van der Waals surface area contributed by atoms with Crippen LogP contribution in [-0.4, -0.2) is 0 Å². The van der Waals surface area contributed by atoms with Crippen LogP contribution in [0.15, 0.2) is 43.5 Å². The summed E-state index contributed by atoms with van der Waals surface area (Å²) in [4.78, 5) is 0. The quantitative estimate of drug-likeness (QED) is 0.507. The zero-order chi connectivity index (χ0) is 16.3. The third kappa shape index (κ3) is 2.10. The van der Waals surface area contributed by atoms with Crippen molar-refractivity contribution >= 4 is 23.2 Å². The van der Waals surface area contributed by atoms with Gasteiger partial charge in [-0.2, -0.15) is 0 Å². The van der Waals surface area contributed by atoms with Gasteiger partial charge in [0.2, 0.25) is 0 Å². The lowest BCUT2D eigenvalue weighted by molar-refractivity contribution is 0.325. The Balaban J connectivity index is 2.54. The van der Waals surface area contributed by atoms with Gasteiger partial charge in [-0.1, -0.05) is 48.2 Å². The summed E-state index contributed by atoms with van der Waals surface area (Å²) >= 11 is 13.5. The molecule has 2 rings (SSSR count). The van der Waals surface area contributed by atoms with E-state index in [2.05, 4.69) is 55.4 Å². The van der Waals surface area contributed by atoms with Gasteiger partial charge < -0.3 is 0 Å². The van der Waals surface area contributed by atoms with Crippen molar-refractivity contribution in [2.24, 2.45) is 10.8 Å². The third-order valence-electron chi connectivity index (χ3n) is 6.24. The predicted octanol–water partition coefficient (Wildman–Crippen LogP) is 7.11. The van der Waals surface area contributed by atoms with E-state index in [0.717, 1.165) is 16.5 Å². The first-order chi connectivity index (χ1) is 9.48. The normalized spacial score (nSPS) is 34.0. The number of hydrogen-bond acceptors (Lipinski definition) is 0. The molecule has 0 saturated carbocycles. The highest BCUT2D eigenvalue weighted by Crippen LogP contribution is 2.60. The minimum atomic E-state index is -0.114. The Hall–Kier alpha value is -0.460. The van der Waals surface area contributed by atoms with Crippen LogP contribution < -0.4 is 0 Å². The maximum absolute atomic E-state index is 6.73. The monoisotopic (exact) mass is 324 g/mol. The van der Waals surface area contributed by atoms with Crippen molar-refractivity contribution in [2.45, 2.75) is 61.8 Å². The van der Waals surface area contributed by atoms with Crippen molar-refractivity contribution in [1.29, 1.82) is 0 Å². The van der Waals surface area contributed by atoms with Gasteiger partial charge in [-0.15, -0.1) is 0 Å². The number of hydrogen-bond donors (Lipinski definition) is 0. The molecule has 2 aliphatic rings. The van der Waals surface area contributed by atoms with Gasteiger partial charge in [0.15, 0.2) is 0 Å². The Labute approximate surface area is 139 Å². The van der Waals surface area contributed by atoms with Crippen molar-refractivity contribution in [3.05, 3.63) is 43.5 Å². The fourth-order valence-corrected chi connectivity index (χ4v) is 4.70. The molecule has 2 heteroatoms. The second kappa shape index (κ2) is 5.03. The van der Waals surface area contributed by atoms with Crippen molar-refractivity contribution in [3.63, 3.8) is 0 Å². The summed E-state index contributed by atoms with van der Waals surface area (Å²) in [5.74, 6) is 0. The molecule has 2 aliphatic carbocycles. The van der Waals surface area contributed by atoms with Crippen molar-refractivity contribution in [3.8, 4) is 0 Å². The molecule has 0 aromatic heterocycles. The van der Waals surface area contributed by atoms with Gasteiger partial charge in [0, 0.05) is 20.9 Å². The van der Waals surface area contributed by atoms with Crippen LogP contribution >= 0.6 is 23.2 Å². The Morgan fingerprint density at radius 2 is 0.905 bits per heavy atom. The van der Waals surface area contributed by atoms with Gasteiger partial charge >= 0.3 is 0 Å². The molecule has 0 fully saturated rings. The lowest BCUT2D eigenvalue weighted by atomic mass is 9.68. The van der Waals surface area contributed by atoms with Crippen molar-refractivity contribution in [1.82, 2.24) is 0 Å². The molecule has 0 bridgehead atoms. The first-order valence-corrected chi connectivity index (χ1v) is 8.34. The second-order valence-corrected chi connectivity index (χ2v) is 7.97. The Kier molecular flexibility index (Phi) is 4.05. The molecule has 0 N–H and O–H groups in total. The van der Waals surface area contributed by atoms with E-state index >= 15 is 0 Å². The first-order valence-electron chi connectivity index (χ1n) is 7.59. The Morgan fingerprint density at radius 3 is 1.10 bits per heavy atom. The standard InChI is InChI=1S/C19H26Cl2/c1-10-12(3)16(20)18(7,14(10)5)9-19(8)15(6)11(2)13(4)17(19)21/h9H2,1-8H3. The van der Waals surface area contributed by atoms with Crippen LogP contribution in [0.5, 0.6) is 0 Å². The van der Waals surface area contributed by atoms with Crippen LogP contribution in [0.3, 0.4) is 0 Å². The molecular formula is C19H26Cl2. The number of rotatable bonds is 2. The van der Waals surface area contributed by atoms with E-state index < -0.39 is 0 Å². The maximum atomic E-state index is 6.73. The fraction of sp³-hybridized carbons (Fsp3) is 0.579. The summed E-state index contributed by atoms with van der Waals surface area (Å²) in [5, 5.41) is 1.97. The summed E-state index contributed by atoms with van der Waals surface area (Å²) in [6, 6.07) is 0. The molecule has 0 spiro atoms. The molecule has 0 heterocycles. The molecule has 0 amide bonds. The van der Waals surface area contributed by atoms with Gasteiger partial charge in [0.1, 0.15) is 0 Å². The molecule has 116 valence electrons. The summed E-state index contributed by atoms with van der Waals surface area (Å²) in [6.45, 7) is 17.5. The van der Waals surface area contributed by atoms with E-state index in [0.29, 0.717) is 0 Å². The average molecular weight is 325 g/mol. The van der Waals surface area contributed by atoms with E-state index in [-0.39, 0.29) is 10.8 Å². The molecule has 0 aromatic rings. The van der Waals surface area contributed by atoms with Gasteiger partial charge in [-0.3, -0.25) is 0 Å². The SMILES string of the molecule is CC1=C(C)C(C)(CC2(C)C(C)=C(C)C(C)=C2Cl)C(Cl)=C1C. The van der Waals surface area contributed by atoms with Gasteiger partial charge in [0.25, 0.3) is 0 Å². The number of allylic oxidation sites excluding steroid dienone is 8. The molecule has 0 radical (unpaired) electrons. The minimum absolute atomic E-state index is 0.114. The molecular weight excluding hydrogens is 299 g/mol. The first kappa shape index (κ1) is 16.9. The lowest BCUT2D eigenvalue weighted by Gasteiger charge is -2.38. The van der Waals surface area contributed by atoms with Gasteiger partial charge in [0.05, 0.1) is 0 Å². The van der Waals surface area contributed by atoms with Crippen molar-refractivity contribution < 1.29 is 0 Å². The summed E-state index contributed by atoms with van der Waals surface area (Å²) in [5.41, 5.74) is 7.66. The molecule has 0 nitrogen and oxygen atoms in total. The van der Waals surface area contributed by atoms with E-state index in [1.165, 1.54) is 33.4 Å². The van der Waals surface area contributed by atoms with Crippen LogP contribution in [0.4, 0.5) is 0 Å². The summed E-state index contributed by atoms with van der Waals surface area (Å²) < 4.78 is 0. The van der Waals surface area contributed by atoms with E-state index in [4.69, 9.17) is 23.2 Å². The summed E-state index contributed by atoms with van der Waals surface area (Å²) in [7, 11) is 0. The van der Waals surface area contributed by atoms with Crippen LogP contribution in [0.2, 0.25) is 0 Å². The average Bonchev–Trinajstić information content (AvgIpc) is 2.67. The topological polar surface area (TPSA) is 0 Å². The maximum Gasteiger partial charge on any atom is 0.0312 e. The highest BCUT2D eigenvalue weighted by Gasteiger charge is 2.47. The summed E-state index contributed by atoms with van der Waals surface area (Å²) in [6.07, 6.45) is 0.929. The van der Waals surface area contributed by atoms with Gasteiger partial charge in [-0.25, -0.2) is 0 Å². The zero-order valence-corrected chi connectivity index (χ0v) is 16.0. The predicted molar refractivity (Wildman–Crippen MR) is 94.7 cm³/mol. The molecule has 2 atom stereocenters. The zero-order valence-electron chi connectivity index (χ0n) is 14.5. The molecule has 21 heavy (non-hydrogen) atoms. The fourth-order valence-electron chi connectivity index (χ4n) is 4.00. The minimum Gasteiger partial charge on any atom is -0.0879 e. The highest BCUT2D eigenvalue weighted by molar-refractivity contribution is 6.32. The van der Waals surface area contributed by atoms with Crippen molar-refractivity contribution in [2.75, 3.05) is 0 Å². The highest BCUT2D eigenvalue weighted by atomic mass is 35.5. The van der Waals surface area contributed by atoms with Crippen LogP contribution in [0.1, 0.15) is 61.8 Å². The number of halogens is 2. The third-order valence-corrected chi connectivity index (χ3v) is 7.64.